The third-order valence-corrected chi connectivity index (χ3v) is 3.43. The number of pyridine rings is 1. The number of hydrogen-bond donors (Lipinski definition) is 2. The first-order valence-electron chi connectivity index (χ1n) is 6.04. The average Bonchev–Trinajstić information content (AvgIpc) is 2.79. The summed E-state index contributed by atoms with van der Waals surface area (Å²) >= 11 is 5.83. The van der Waals surface area contributed by atoms with Gasteiger partial charge in [-0.05, 0) is 18.9 Å². The molecule has 5 nitrogen and oxygen atoms in total. The molecule has 0 unspecified atom stereocenters. The topological polar surface area (TPSA) is 85.2 Å². The molecule has 2 rings (SSSR count). The molecule has 0 spiro atoms. The highest BCUT2D eigenvalue weighted by atomic mass is 35.5. The Balaban J connectivity index is 2.29. The van der Waals surface area contributed by atoms with Crippen molar-refractivity contribution in [2.75, 3.05) is 17.2 Å². The van der Waals surface area contributed by atoms with E-state index in [1.54, 1.807) is 6.07 Å². The van der Waals surface area contributed by atoms with Gasteiger partial charge in [-0.3, -0.25) is 4.79 Å². The van der Waals surface area contributed by atoms with Gasteiger partial charge in [-0.2, -0.15) is 0 Å². The van der Waals surface area contributed by atoms with E-state index in [-0.39, 0.29) is 18.5 Å². The minimum absolute atomic E-state index is 0.142. The van der Waals surface area contributed by atoms with Crippen LogP contribution in [0.1, 0.15) is 25.7 Å². The van der Waals surface area contributed by atoms with Crippen LogP contribution in [0.25, 0.3) is 0 Å². The summed E-state index contributed by atoms with van der Waals surface area (Å²) in [4.78, 5) is 17.3. The van der Waals surface area contributed by atoms with Gasteiger partial charge in [-0.25, -0.2) is 4.98 Å². The first-order chi connectivity index (χ1) is 8.58. The molecule has 0 radical (unpaired) electrons. The Morgan fingerprint density at radius 2 is 2.17 bits per heavy atom. The summed E-state index contributed by atoms with van der Waals surface area (Å²) in [6.45, 7) is 0.142. The number of primary amides is 1. The predicted octanol–water partition coefficient (Wildman–Crippen LogP) is 1.55. The van der Waals surface area contributed by atoms with Crippen molar-refractivity contribution in [3.63, 3.8) is 0 Å². The van der Waals surface area contributed by atoms with Crippen molar-refractivity contribution in [1.29, 1.82) is 0 Å². The molecule has 1 amide bonds. The maximum atomic E-state index is 11.2. The first kappa shape index (κ1) is 13.0. The van der Waals surface area contributed by atoms with Gasteiger partial charge in [0.15, 0.2) is 5.82 Å². The number of aromatic nitrogens is 1. The highest BCUT2D eigenvalue weighted by Gasteiger charge is 2.26. The fourth-order valence-electron chi connectivity index (χ4n) is 2.45. The molecule has 6 heteroatoms. The van der Waals surface area contributed by atoms with Crippen molar-refractivity contribution < 1.29 is 4.79 Å². The smallest absolute Gasteiger partial charge is 0.237 e. The normalized spacial score (nSPS) is 15.8. The van der Waals surface area contributed by atoms with Crippen molar-refractivity contribution in [3.05, 3.63) is 17.3 Å². The minimum atomic E-state index is -0.377. The van der Waals surface area contributed by atoms with E-state index in [1.165, 1.54) is 6.20 Å². The Kier molecular flexibility index (Phi) is 3.91. The molecule has 0 saturated heterocycles. The van der Waals surface area contributed by atoms with Crippen LogP contribution in [0, 0.1) is 0 Å². The molecule has 1 aromatic rings. The molecule has 1 fully saturated rings. The van der Waals surface area contributed by atoms with Gasteiger partial charge in [0.1, 0.15) is 0 Å². The number of anilines is 2. The quantitative estimate of drug-likeness (QED) is 0.868. The number of nitrogen functional groups attached to an aromatic ring is 1. The van der Waals surface area contributed by atoms with E-state index in [0.29, 0.717) is 16.5 Å². The SMILES string of the molecule is NC(=O)CN(c1ncc(Cl)cc1N)C1CCCC1. The average molecular weight is 269 g/mol. The maximum Gasteiger partial charge on any atom is 0.237 e. The summed E-state index contributed by atoms with van der Waals surface area (Å²) in [5.41, 5.74) is 11.7. The van der Waals surface area contributed by atoms with Crippen LogP contribution in [0.4, 0.5) is 11.5 Å². The summed E-state index contributed by atoms with van der Waals surface area (Å²) in [5, 5.41) is 0.488. The fourth-order valence-corrected chi connectivity index (χ4v) is 2.61. The molecule has 0 aromatic carbocycles. The van der Waals surface area contributed by atoms with Crippen LogP contribution in [-0.4, -0.2) is 23.5 Å². The highest BCUT2D eigenvalue weighted by molar-refractivity contribution is 6.30. The van der Waals surface area contributed by atoms with Gasteiger partial charge in [-0.1, -0.05) is 24.4 Å². The van der Waals surface area contributed by atoms with Crippen LogP contribution in [0.15, 0.2) is 12.3 Å². The lowest BCUT2D eigenvalue weighted by molar-refractivity contribution is -0.116. The van der Waals surface area contributed by atoms with E-state index in [4.69, 9.17) is 23.1 Å². The van der Waals surface area contributed by atoms with Gasteiger partial charge in [0.2, 0.25) is 5.91 Å². The van der Waals surface area contributed by atoms with E-state index >= 15 is 0 Å². The summed E-state index contributed by atoms with van der Waals surface area (Å²) in [7, 11) is 0. The van der Waals surface area contributed by atoms with Crippen molar-refractivity contribution in [2.24, 2.45) is 5.73 Å². The molecule has 4 N–H and O–H groups in total. The summed E-state index contributed by atoms with van der Waals surface area (Å²) in [5.74, 6) is 0.225. The second-order valence-electron chi connectivity index (χ2n) is 4.60. The van der Waals surface area contributed by atoms with Gasteiger partial charge >= 0.3 is 0 Å². The van der Waals surface area contributed by atoms with E-state index in [1.807, 2.05) is 4.90 Å². The molecule has 0 aliphatic heterocycles. The molecule has 1 aromatic heterocycles. The Hall–Kier alpha value is -1.49. The van der Waals surface area contributed by atoms with Gasteiger partial charge < -0.3 is 16.4 Å². The third kappa shape index (κ3) is 2.85. The number of carbonyl (C=O) groups is 1. The lowest BCUT2D eigenvalue weighted by Crippen LogP contribution is -2.41. The van der Waals surface area contributed by atoms with E-state index in [9.17, 15) is 4.79 Å². The van der Waals surface area contributed by atoms with E-state index < -0.39 is 0 Å². The number of halogens is 1. The van der Waals surface area contributed by atoms with Crippen LogP contribution in [0.3, 0.4) is 0 Å². The van der Waals surface area contributed by atoms with Crippen LogP contribution in [0.5, 0.6) is 0 Å². The van der Waals surface area contributed by atoms with Crippen molar-refractivity contribution in [1.82, 2.24) is 4.98 Å². The lowest BCUT2D eigenvalue weighted by Gasteiger charge is -2.29. The van der Waals surface area contributed by atoms with Crippen LogP contribution >= 0.6 is 11.6 Å². The molecule has 18 heavy (non-hydrogen) atoms. The molecule has 0 atom stereocenters. The Morgan fingerprint density at radius 3 is 2.72 bits per heavy atom. The van der Waals surface area contributed by atoms with Crippen molar-refractivity contribution >= 4 is 29.0 Å². The number of hydrogen-bond acceptors (Lipinski definition) is 4. The third-order valence-electron chi connectivity index (χ3n) is 3.23. The second kappa shape index (κ2) is 5.44. The van der Waals surface area contributed by atoms with E-state index in [2.05, 4.69) is 4.98 Å². The van der Waals surface area contributed by atoms with Crippen LogP contribution < -0.4 is 16.4 Å². The standard InChI is InChI=1S/C12H17ClN4O/c13-8-5-10(14)12(16-6-8)17(7-11(15)18)9-3-1-2-4-9/h5-6,9H,1-4,7,14H2,(H2,15,18). The Bertz CT molecular complexity index is 446. The summed E-state index contributed by atoms with van der Waals surface area (Å²) in [6, 6.07) is 1.93. The molecular weight excluding hydrogens is 252 g/mol. The molecule has 1 heterocycles. The number of rotatable bonds is 4. The lowest BCUT2D eigenvalue weighted by atomic mass is 10.2. The molecule has 98 valence electrons. The number of carbonyl (C=O) groups excluding carboxylic acids is 1. The molecule has 1 aliphatic rings. The van der Waals surface area contributed by atoms with Crippen LogP contribution in [-0.2, 0) is 4.79 Å². The zero-order valence-corrected chi connectivity index (χ0v) is 10.9. The van der Waals surface area contributed by atoms with Crippen molar-refractivity contribution in [3.8, 4) is 0 Å². The van der Waals surface area contributed by atoms with Crippen molar-refractivity contribution in [2.45, 2.75) is 31.7 Å². The maximum absolute atomic E-state index is 11.2. The molecule has 0 bridgehead atoms. The largest absolute Gasteiger partial charge is 0.396 e. The summed E-state index contributed by atoms with van der Waals surface area (Å²) < 4.78 is 0. The minimum Gasteiger partial charge on any atom is -0.396 e. The summed E-state index contributed by atoms with van der Waals surface area (Å²) in [6.07, 6.45) is 5.94. The fraction of sp³-hybridized carbons (Fsp3) is 0.500. The zero-order valence-electron chi connectivity index (χ0n) is 10.1. The highest BCUT2D eigenvalue weighted by Crippen LogP contribution is 2.31. The van der Waals surface area contributed by atoms with Crippen LogP contribution in [0.2, 0.25) is 5.02 Å². The predicted molar refractivity (Wildman–Crippen MR) is 72.5 cm³/mol. The zero-order chi connectivity index (χ0) is 13.1. The first-order valence-corrected chi connectivity index (χ1v) is 6.41. The number of nitrogens with zero attached hydrogens (tertiary/aromatic N) is 2. The molecule has 1 saturated carbocycles. The Morgan fingerprint density at radius 1 is 1.50 bits per heavy atom. The molecular formula is C12H17ClN4O. The number of amides is 1. The monoisotopic (exact) mass is 268 g/mol. The van der Waals surface area contributed by atoms with Gasteiger partial charge in [0.25, 0.3) is 0 Å². The Labute approximate surface area is 111 Å². The van der Waals surface area contributed by atoms with Gasteiger partial charge in [-0.15, -0.1) is 0 Å². The molecule has 1 aliphatic carbocycles. The second-order valence-corrected chi connectivity index (χ2v) is 5.04. The number of nitrogens with two attached hydrogens (primary N) is 2. The van der Waals surface area contributed by atoms with E-state index in [0.717, 1.165) is 25.7 Å². The van der Waals surface area contributed by atoms with Gasteiger partial charge in [0, 0.05) is 12.2 Å². The van der Waals surface area contributed by atoms with Gasteiger partial charge in [0.05, 0.1) is 17.3 Å².